The van der Waals surface area contributed by atoms with Crippen LogP contribution >= 0.6 is 0 Å². The Labute approximate surface area is 291 Å². The molecule has 49 heavy (non-hydrogen) atoms. The summed E-state index contributed by atoms with van der Waals surface area (Å²) in [5.74, 6) is -1.85. The molecule has 1 aliphatic heterocycles. The summed E-state index contributed by atoms with van der Waals surface area (Å²) in [6, 6.07) is 15.3. The van der Waals surface area contributed by atoms with E-state index in [0.717, 1.165) is 11.1 Å². The molecule has 0 aliphatic carbocycles. The smallest absolute Gasteiger partial charge is 0.243 e. The number of likely N-dealkylation sites (N-methyl/N-ethyl adjacent to an activating group) is 1. The van der Waals surface area contributed by atoms with E-state index in [9.17, 15) is 24.0 Å². The summed E-state index contributed by atoms with van der Waals surface area (Å²) >= 11 is 0. The predicted molar refractivity (Wildman–Crippen MR) is 189 cm³/mol. The van der Waals surface area contributed by atoms with Crippen molar-refractivity contribution < 1.29 is 28.7 Å². The minimum absolute atomic E-state index is 0.0240. The van der Waals surface area contributed by atoms with Crippen LogP contribution in [0, 0.1) is 11.8 Å². The number of nitrogens with zero attached hydrogens (tertiary/aromatic N) is 1. The van der Waals surface area contributed by atoms with Gasteiger partial charge in [0.05, 0.1) is 19.2 Å². The highest BCUT2D eigenvalue weighted by molar-refractivity contribution is 5.98. The zero-order chi connectivity index (χ0) is 36.1. The van der Waals surface area contributed by atoms with Crippen LogP contribution in [-0.2, 0) is 41.6 Å². The minimum atomic E-state index is -1.02. The van der Waals surface area contributed by atoms with Crippen molar-refractivity contribution >= 4 is 29.4 Å². The maximum absolute atomic E-state index is 14.0. The number of hydrogen-bond donors (Lipinski definition) is 4. The third-order valence-electron chi connectivity index (χ3n) is 8.37. The Morgan fingerprint density at radius 2 is 1.16 bits per heavy atom. The normalized spacial score (nSPS) is 17.9. The van der Waals surface area contributed by atoms with E-state index in [1.54, 1.807) is 25.9 Å². The van der Waals surface area contributed by atoms with Crippen LogP contribution in [0.25, 0.3) is 0 Å². The Morgan fingerprint density at radius 3 is 1.69 bits per heavy atom. The van der Waals surface area contributed by atoms with Crippen molar-refractivity contribution in [1.29, 1.82) is 0 Å². The molecule has 0 bridgehead atoms. The number of aryl methyl sites for hydroxylation is 1. The lowest BCUT2D eigenvalue weighted by molar-refractivity contribution is -0.135. The van der Waals surface area contributed by atoms with Crippen molar-refractivity contribution in [3.8, 4) is 0 Å². The highest BCUT2D eigenvalue weighted by Gasteiger charge is 2.50. The van der Waals surface area contributed by atoms with Gasteiger partial charge in [-0.15, -0.1) is 0 Å². The van der Waals surface area contributed by atoms with Crippen LogP contribution in [0.1, 0.15) is 65.0 Å². The molecule has 4 amide bonds. The van der Waals surface area contributed by atoms with Crippen LogP contribution in [0.2, 0.25) is 0 Å². The molecule has 1 fully saturated rings. The van der Waals surface area contributed by atoms with E-state index in [4.69, 9.17) is 4.74 Å². The SMILES string of the molecule is CC(C)CC(NC(=O)[C@H](Cc1ccccc1)NC(=O)[C@H](CC(C)C)NC(=O)[C@H](CCc1ccccc1)NC(=O)CN(C)C)C(=O)[C@@]1(C)CO1. The Hall–Kier alpha value is -4.09. The number of hydrogen-bond acceptors (Lipinski definition) is 7. The molecule has 1 aliphatic rings. The Bertz CT molecular complexity index is 1390. The molecule has 1 saturated heterocycles. The summed E-state index contributed by atoms with van der Waals surface area (Å²) in [5, 5.41) is 11.5. The molecule has 11 nitrogen and oxygen atoms in total. The molecule has 0 aromatic heterocycles. The molecule has 2 aromatic carbocycles. The number of nitrogens with one attached hydrogen (secondary N) is 4. The molecule has 0 saturated carbocycles. The van der Waals surface area contributed by atoms with Crippen molar-refractivity contribution in [2.75, 3.05) is 27.2 Å². The molecular formula is C38H55N5O6. The number of ketones is 1. The number of rotatable bonds is 20. The third-order valence-corrected chi connectivity index (χ3v) is 8.37. The molecule has 2 aromatic rings. The zero-order valence-electron chi connectivity index (χ0n) is 30.1. The Balaban J connectivity index is 1.82. The van der Waals surface area contributed by atoms with E-state index in [1.807, 2.05) is 88.4 Å². The predicted octanol–water partition coefficient (Wildman–Crippen LogP) is 2.81. The first-order chi connectivity index (χ1) is 23.2. The first-order valence-corrected chi connectivity index (χ1v) is 17.3. The number of carbonyl (C=O) groups is 5. The Kier molecular flexibility index (Phi) is 14.9. The summed E-state index contributed by atoms with van der Waals surface area (Å²) in [4.78, 5) is 69.4. The van der Waals surface area contributed by atoms with Crippen molar-refractivity contribution in [2.24, 2.45) is 11.8 Å². The molecule has 0 spiro atoms. The summed E-state index contributed by atoms with van der Waals surface area (Å²) in [6.07, 6.45) is 1.78. The van der Waals surface area contributed by atoms with Gasteiger partial charge in [0.15, 0.2) is 5.78 Å². The fourth-order valence-corrected chi connectivity index (χ4v) is 5.65. The van der Waals surface area contributed by atoms with Gasteiger partial charge in [0.1, 0.15) is 23.7 Å². The lowest BCUT2D eigenvalue weighted by Crippen LogP contribution is -2.59. The molecule has 5 atom stereocenters. The van der Waals surface area contributed by atoms with E-state index < -0.39 is 47.5 Å². The van der Waals surface area contributed by atoms with Gasteiger partial charge in [-0.05, 0) is 69.7 Å². The number of benzene rings is 2. The van der Waals surface area contributed by atoms with Gasteiger partial charge in [-0.3, -0.25) is 24.0 Å². The lowest BCUT2D eigenvalue weighted by Gasteiger charge is -2.28. The molecule has 4 N–H and O–H groups in total. The molecular weight excluding hydrogens is 622 g/mol. The summed E-state index contributed by atoms with van der Waals surface area (Å²) in [7, 11) is 3.54. The average molecular weight is 678 g/mol. The van der Waals surface area contributed by atoms with Crippen LogP contribution in [0.4, 0.5) is 0 Å². The quantitative estimate of drug-likeness (QED) is 0.158. The van der Waals surface area contributed by atoms with Gasteiger partial charge in [0.25, 0.3) is 0 Å². The standard InChI is InChI=1S/C38H55N5O6/c1-25(2)20-30(34(45)38(5)24-49-38)40-37(48)32(22-28-16-12-9-13-17-28)42-36(47)31(21-26(3)4)41-35(46)29(39-33(44)23-43(6)7)19-18-27-14-10-8-11-15-27/h8-17,25-26,29-32H,18-24H2,1-7H3,(H,39,44)(H,40,48)(H,41,46)(H,42,47)/t29-,30?,31-,32-,38+/m0/s1. The van der Waals surface area contributed by atoms with E-state index in [2.05, 4.69) is 21.3 Å². The first kappa shape index (κ1) is 39.3. The van der Waals surface area contributed by atoms with Crippen LogP contribution in [-0.4, -0.2) is 91.3 Å². The number of ether oxygens (including phenoxy) is 1. The molecule has 1 heterocycles. The maximum atomic E-state index is 14.0. The fourth-order valence-electron chi connectivity index (χ4n) is 5.65. The van der Waals surface area contributed by atoms with Gasteiger partial charge in [-0.1, -0.05) is 88.4 Å². The summed E-state index contributed by atoms with van der Waals surface area (Å²) < 4.78 is 5.39. The maximum Gasteiger partial charge on any atom is 0.243 e. The topological polar surface area (TPSA) is 149 Å². The highest BCUT2D eigenvalue weighted by atomic mass is 16.6. The lowest BCUT2D eigenvalue weighted by atomic mass is 9.93. The third kappa shape index (κ3) is 13.4. The highest BCUT2D eigenvalue weighted by Crippen LogP contribution is 2.29. The number of epoxide rings is 1. The van der Waals surface area contributed by atoms with Gasteiger partial charge in [0.2, 0.25) is 23.6 Å². The van der Waals surface area contributed by atoms with Crippen LogP contribution < -0.4 is 21.3 Å². The van der Waals surface area contributed by atoms with Gasteiger partial charge in [0, 0.05) is 6.42 Å². The second-order valence-electron chi connectivity index (χ2n) is 14.4. The average Bonchev–Trinajstić information content (AvgIpc) is 3.79. The second-order valence-corrected chi connectivity index (χ2v) is 14.4. The van der Waals surface area contributed by atoms with Crippen LogP contribution in [0.15, 0.2) is 60.7 Å². The number of Topliss-reactive ketones (excluding diaryl/α,β-unsaturated/α-hetero) is 1. The van der Waals surface area contributed by atoms with Crippen LogP contribution in [0.5, 0.6) is 0 Å². The van der Waals surface area contributed by atoms with E-state index in [1.165, 1.54) is 0 Å². The van der Waals surface area contributed by atoms with Crippen molar-refractivity contribution in [1.82, 2.24) is 26.2 Å². The second kappa shape index (κ2) is 18.6. The largest absolute Gasteiger partial charge is 0.361 e. The number of carbonyl (C=O) groups excluding carboxylic acids is 5. The van der Waals surface area contributed by atoms with E-state index in [0.29, 0.717) is 32.3 Å². The van der Waals surface area contributed by atoms with Crippen molar-refractivity contribution in [3.05, 3.63) is 71.8 Å². The van der Waals surface area contributed by atoms with Crippen LogP contribution in [0.3, 0.4) is 0 Å². The molecule has 1 unspecified atom stereocenters. The van der Waals surface area contributed by atoms with E-state index in [-0.39, 0.29) is 36.5 Å². The fraction of sp³-hybridized carbons (Fsp3) is 0.553. The first-order valence-electron chi connectivity index (χ1n) is 17.3. The van der Waals surface area contributed by atoms with Gasteiger partial charge < -0.3 is 30.9 Å². The van der Waals surface area contributed by atoms with Crippen molar-refractivity contribution in [2.45, 2.75) is 96.5 Å². The monoisotopic (exact) mass is 677 g/mol. The minimum Gasteiger partial charge on any atom is -0.361 e. The summed E-state index contributed by atoms with van der Waals surface area (Å²) in [5.41, 5.74) is 0.919. The molecule has 11 heteroatoms. The van der Waals surface area contributed by atoms with Gasteiger partial charge >= 0.3 is 0 Å². The molecule has 0 radical (unpaired) electrons. The van der Waals surface area contributed by atoms with Gasteiger partial charge in [-0.25, -0.2) is 0 Å². The van der Waals surface area contributed by atoms with E-state index >= 15 is 0 Å². The number of amides is 4. The summed E-state index contributed by atoms with van der Waals surface area (Å²) in [6.45, 7) is 9.95. The molecule has 3 rings (SSSR count). The zero-order valence-corrected chi connectivity index (χ0v) is 30.1. The Morgan fingerprint density at radius 1 is 0.694 bits per heavy atom. The van der Waals surface area contributed by atoms with Gasteiger partial charge in [-0.2, -0.15) is 0 Å². The van der Waals surface area contributed by atoms with Crippen molar-refractivity contribution in [3.63, 3.8) is 0 Å². The molecule has 268 valence electrons.